The molecular weight excluding hydrogens is 1090 g/mol. The van der Waals surface area contributed by atoms with Crippen LogP contribution in [-0.4, -0.2) is 119 Å². The first-order chi connectivity index (χ1) is 36.4. The molecule has 0 aliphatic heterocycles. The fourth-order valence-electron chi connectivity index (χ4n) is 5.62. The molecule has 0 saturated carbocycles. The van der Waals surface area contributed by atoms with Crippen LogP contribution in [0, 0.1) is 13.8 Å². The molecule has 21 nitrogen and oxygen atoms in total. The average molecular weight is 1140 g/mol. The summed E-state index contributed by atoms with van der Waals surface area (Å²) in [4.78, 5) is 94.2. The van der Waals surface area contributed by atoms with Gasteiger partial charge in [-0.2, -0.15) is 35.1 Å². The van der Waals surface area contributed by atoms with E-state index in [-0.39, 0.29) is 61.4 Å². The number of amides is 2. The highest BCUT2D eigenvalue weighted by Gasteiger charge is 2.69. The van der Waals surface area contributed by atoms with Gasteiger partial charge in [0.25, 0.3) is 0 Å². The summed E-state index contributed by atoms with van der Waals surface area (Å²) >= 11 is 0. The third-order valence-electron chi connectivity index (χ3n) is 9.44. The van der Waals surface area contributed by atoms with E-state index in [0.717, 1.165) is 24.3 Å². The second kappa shape index (κ2) is 31.6. The molecule has 2 aromatic rings. The summed E-state index contributed by atoms with van der Waals surface area (Å²) in [5, 5.41) is 4.14. The maximum Gasteiger partial charge on any atom is 0.495 e. The van der Waals surface area contributed by atoms with Crippen LogP contribution in [0.1, 0.15) is 73.6 Å². The fraction of sp³-hybridized carbons (Fsp3) is 0.489. The van der Waals surface area contributed by atoms with Gasteiger partial charge in [0.15, 0.2) is 13.2 Å². The minimum Gasteiger partial charge on any atom is -0.465 e. The Morgan fingerprint density at radius 1 is 0.500 bits per heavy atom. The number of anilines is 2. The predicted molar refractivity (Wildman–Crippen MR) is 241 cm³/mol. The van der Waals surface area contributed by atoms with Gasteiger partial charge in [0.1, 0.15) is 0 Å². The summed E-state index contributed by atoms with van der Waals surface area (Å²) in [7, 11) is 0. The van der Waals surface area contributed by atoms with Crippen LogP contribution in [0.2, 0.25) is 0 Å². The van der Waals surface area contributed by atoms with Crippen molar-refractivity contribution >= 4 is 59.4 Å². The number of esters is 6. The summed E-state index contributed by atoms with van der Waals surface area (Å²) in [5.41, 5.74) is 0.816. The molecule has 0 heterocycles. The number of rotatable bonds is 35. The first-order valence-corrected chi connectivity index (χ1v) is 22.6. The van der Waals surface area contributed by atoms with Crippen molar-refractivity contribution in [2.24, 2.45) is 0 Å². The Hall–Kier alpha value is -7.54. The molecule has 434 valence electrons. The van der Waals surface area contributed by atoms with Gasteiger partial charge in [-0.15, -0.1) is 8.78 Å². The number of carbonyl (C=O) groups is 8. The van der Waals surface area contributed by atoms with E-state index in [9.17, 15) is 82.3 Å². The van der Waals surface area contributed by atoms with E-state index in [1.807, 2.05) is 5.32 Å². The molecular formula is C47H52F10N2O19. The normalized spacial score (nSPS) is 11.8. The number of ether oxygens (including phenoxy) is 11. The third kappa shape index (κ3) is 27.0. The van der Waals surface area contributed by atoms with Crippen molar-refractivity contribution in [3.05, 3.63) is 84.0 Å². The van der Waals surface area contributed by atoms with Crippen LogP contribution in [0.25, 0.3) is 0 Å². The molecule has 0 aliphatic rings. The topological polar surface area (TPSA) is 262 Å². The summed E-state index contributed by atoms with van der Waals surface area (Å²) < 4.78 is 186. The van der Waals surface area contributed by atoms with E-state index in [4.69, 9.17) is 9.47 Å². The molecule has 2 N–H and O–H groups in total. The molecule has 0 spiro atoms. The number of hydrogen-bond donors (Lipinski definition) is 2. The number of nitrogens with one attached hydrogen (secondary N) is 2. The van der Waals surface area contributed by atoms with E-state index in [1.165, 1.54) is 31.2 Å². The first kappa shape index (κ1) is 66.6. The maximum atomic E-state index is 14.2. The van der Waals surface area contributed by atoms with Crippen molar-refractivity contribution in [3.8, 4) is 0 Å². The minimum atomic E-state index is -6.90. The van der Waals surface area contributed by atoms with Gasteiger partial charge >= 0.3 is 78.7 Å². The number of carbonyl (C=O) groups excluding carboxylic acids is 8. The Morgan fingerprint density at radius 2 is 1.00 bits per heavy atom. The van der Waals surface area contributed by atoms with E-state index in [0.29, 0.717) is 43.2 Å². The van der Waals surface area contributed by atoms with Crippen LogP contribution in [0.5, 0.6) is 0 Å². The van der Waals surface area contributed by atoms with E-state index >= 15 is 0 Å². The zero-order chi connectivity index (χ0) is 58.7. The Balaban J connectivity index is 1.81. The van der Waals surface area contributed by atoms with Crippen molar-refractivity contribution < 1.29 is 134 Å². The number of unbranched alkanes of at least 4 members (excludes halogenated alkanes) is 4. The third-order valence-corrected chi connectivity index (χ3v) is 9.44. The Morgan fingerprint density at radius 3 is 1.58 bits per heavy atom. The molecule has 0 unspecified atom stereocenters. The van der Waals surface area contributed by atoms with Gasteiger partial charge in [0, 0.05) is 36.4 Å². The van der Waals surface area contributed by atoms with Gasteiger partial charge in [-0.05, 0) is 86.8 Å². The Bertz CT molecular complexity index is 2410. The monoisotopic (exact) mass is 1140 g/mol. The zero-order valence-corrected chi connectivity index (χ0v) is 41.4. The standard InChI is InChI=1S/C47H52F10N2O19/c1-5-35(60)72-27-74-37(62)13-9-7-11-19-68-40(65)23-32-21-31(17-15-29(32)3)22-39(64)70-25-44(50,51)77-47(56,57)78-46(54,55)45(52,53)76-43(48,49)26-71-41(66)58-33-18-16-30(4)34(24-33)59-42(67)69-20-12-8-10-14-38(63)75-28-73-36(61)6-2/h5-6,15-18,21,24H,1-2,7-14,19-20,22-23,25-28H2,3-4H3,(H,58,66)(H,59,67). The van der Waals surface area contributed by atoms with Crippen molar-refractivity contribution in [1.29, 1.82) is 0 Å². The Kier molecular flexibility index (Phi) is 27.0. The Labute approximate surface area is 436 Å². The number of alkyl halides is 10. The summed E-state index contributed by atoms with van der Waals surface area (Å²) in [6, 6.07) is 7.38. The van der Waals surface area contributed by atoms with Gasteiger partial charge in [0.2, 0.25) is 13.6 Å². The highest BCUT2D eigenvalue weighted by atomic mass is 19.3. The van der Waals surface area contributed by atoms with Crippen LogP contribution in [0.4, 0.5) is 64.9 Å². The lowest BCUT2D eigenvalue weighted by Crippen LogP contribution is -2.54. The van der Waals surface area contributed by atoms with E-state index < -0.39 is 112 Å². The largest absolute Gasteiger partial charge is 0.495 e. The highest BCUT2D eigenvalue weighted by molar-refractivity contribution is 5.89. The summed E-state index contributed by atoms with van der Waals surface area (Å²) in [6.45, 7) is 2.93. The maximum absolute atomic E-state index is 14.2. The van der Waals surface area contributed by atoms with E-state index in [2.05, 4.69) is 61.1 Å². The molecule has 0 aromatic heterocycles. The molecule has 2 amide bonds. The van der Waals surface area contributed by atoms with E-state index in [1.54, 1.807) is 6.92 Å². The van der Waals surface area contributed by atoms with Gasteiger partial charge in [-0.3, -0.25) is 29.8 Å². The second-order valence-electron chi connectivity index (χ2n) is 15.8. The molecule has 0 fully saturated rings. The number of halogens is 10. The lowest BCUT2D eigenvalue weighted by Gasteiger charge is -2.31. The fourth-order valence-corrected chi connectivity index (χ4v) is 5.62. The van der Waals surface area contributed by atoms with Crippen LogP contribution in [0.15, 0.2) is 61.7 Å². The summed E-state index contributed by atoms with van der Waals surface area (Å²) in [6.07, 6.45) is -31.5. The van der Waals surface area contributed by atoms with Gasteiger partial charge in [-0.1, -0.05) is 37.4 Å². The van der Waals surface area contributed by atoms with Crippen LogP contribution in [0.3, 0.4) is 0 Å². The van der Waals surface area contributed by atoms with Crippen LogP contribution >= 0.6 is 0 Å². The van der Waals surface area contributed by atoms with Gasteiger partial charge < -0.3 is 37.9 Å². The first-order valence-electron chi connectivity index (χ1n) is 22.6. The highest BCUT2D eigenvalue weighted by Crippen LogP contribution is 2.44. The quantitative estimate of drug-likeness (QED) is 0.0163. The number of hydrogen-bond acceptors (Lipinski definition) is 19. The molecule has 2 aromatic carbocycles. The molecule has 0 bridgehead atoms. The molecule has 0 radical (unpaired) electrons. The predicted octanol–water partition coefficient (Wildman–Crippen LogP) is 8.82. The molecule has 0 saturated heterocycles. The van der Waals surface area contributed by atoms with Gasteiger partial charge in [-0.25, -0.2) is 33.4 Å². The smallest absolute Gasteiger partial charge is 0.465 e. The van der Waals surface area contributed by atoms with Gasteiger partial charge in [0.05, 0.1) is 26.1 Å². The molecule has 0 atom stereocenters. The average Bonchev–Trinajstić information content (AvgIpc) is 3.33. The molecule has 31 heteroatoms. The van der Waals surface area contributed by atoms with Crippen molar-refractivity contribution in [2.45, 2.75) is 109 Å². The summed E-state index contributed by atoms with van der Waals surface area (Å²) in [5.74, 6) is -5.18. The van der Waals surface area contributed by atoms with Crippen molar-refractivity contribution in [3.63, 3.8) is 0 Å². The SMILES string of the molecule is C=CC(=O)OCOC(=O)CCCCCOC(=O)Cc1cc(CC(=O)OCC(F)(F)OC(F)(F)OC(F)(F)C(F)(F)OC(F)(F)COC(=O)Nc2ccc(C)c(NC(=O)OCCCCCC(=O)OCOC(=O)C=C)c2)ccc1C. The molecule has 0 aliphatic carbocycles. The lowest BCUT2D eigenvalue weighted by molar-refractivity contribution is -0.566. The second-order valence-corrected chi connectivity index (χ2v) is 15.8. The number of aryl methyl sites for hydroxylation is 2. The molecule has 2 rings (SSSR count). The van der Waals surface area contributed by atoms with Crippen LogP contribution < -0.4 is 10.6 Å². The number of benzene rings is 2. The zero-order valence-electron chi connectivity index (χ0n) is 41.4. The van der Waals surface area contributed by atoms with Crippen molar-refractivity contribution in [2.75, 3.05) is 50.6 Å². The molecule has 78 heavy (non-hydrogen) atoms. The van der Waals surface area contributed by atoms with Crippen molar-refractivity contribution in [1.82, 2.24) is 0 Å². The van der Waals surface area contributed by atoms with Crippen LogP contribution in [-0.2, 0) is 93.7 Å². The lowest BCUT2D eigenvalue weighted by atomic mass is 10.0. The minimum absolute atomic E-state index is 0.0177.